The number of thiophene rings is 1. The smallest absolute Gasteiger partial charge is 0.237 e. The normalized spacial score (nSPS) is 15.7. The summed E-state index contributed by atoms with van der Waals surface area (Å²) in [5.41, 5.74) is 0.440. The minimum Gasteiger partial charge on any atom is -0.323 e. The molecule has 1 amide bonds. The predicted molar refractivity (Wildman–Crippen MR) is 130 cm³/mol. The van der Waals surface area contributed by atoms with Crippen molar-refractivity contribution in [1.82, 2.24) is 14.8 Å². The fraction of sp³-hybridized carbons (Fsp3) is 0.409. The average Bonchev–Trinajstić information content (AvgIpc) is 3.42. The Labute approximate surface area is 200 Å². The minimum atomic E-state index is -0.381. The molecular formula is C22H24Cl2N4OS2. The van der Waals surface area contributed by atoms with Gasteiger partial charge in [0.25, 0.3) is 0 Å². The number of nitrogens with one attached hydrogen (secondary N) is 1. The summed E-state index contributed by atoms with van der Waals surface area (Å²) < 4.78 is 2.27. The van der Waals surface area contributed by atoms with E-state index < -0.39 is 0 Å². The predicted octanol–water partition coefficient (Wildman–Crippen LogP) is 6.86. The number of para-hydroxylation sites is 1. The number of thioether (sulfide) groups is 1. The monoisotopic (exact) mass is 494 g/mol. The van der Waals surface area contributed by atoms with E-state index in [1.807, 2.05) is 6.92 Å². The highest BCUT2D eigenvalue weighted by Crippen LogP contribution is 2.35. The summed E-state index contributed by atoms with van der Waals surface area (Å²) in [6.45, 7) is 1.86. The van der Waals surface area contributed by atoms with Gasteiger partial charge in [-0.05, 0) is 43.3 Å². The number of carbonyl (C=O) groups is 1. The van der Waals surface area contributed by atoms with Gasteiger partial charge in [-0.3, -0.25) is 4.79 Å². The maximum Gasteiger partial charge on any atom is 0.237 e. The average molecular weight is 496 g/mol. The summed E-state index contributed by atoms with van der Waals surface area (Å²) in [4.78, 5) is 14.1. The molecule has 0 spiro atoms. The number of nitrogens with zero attached hydrogens (tertiary/aromatic N) is 3. The second-order valence-corrected chi connectivity index (χ2v) is 10.8. The number of benzene rings is 1. The topological polar surface area (TPSA) is 59.8 Å². The van der Waals surface area contributed by atoms with Crippen molar-refractivity contribution in [3.05, 3.63) is 56.5 Å². The molecule has 2 aromatic heterocycles. The van der Waals surface area contributed by atoms with Crippen LogP contribution in [0.5, 0.6) is 0 Å². The van der Waals surface area contributed by atoms with Crippen LogP contribution >= 0.6 is 46.3 Å². The van der Waals surface area contributed by atoms with Gasteiger partial charge in [-0.2, -0.15) is 0 Å². The van der Waals surface area contributed by atoms with Gasteiger partial charge in [0.2, 0.25) is 5.91 Å². The summed E-state index contributed by atoms with van der Waals surface area (Å²) >= 11 is 15.6. The maximum absolute atomic E-state index is 12.9. The highest BCUT2D eigenvalue weighted by atomic mass is 35.5. The molecule has 0 radical (unpaired) electrons. The molecule has 1 unspecified atom stereocenters. The van der Waals surface area contributed by atoms with Crippen molar-refractivity contribution in [1.29, 1.82) is 0 Å². The standard InChI is InChI=1S/C22H24Cl2N4OS2/c1-14(21(29)25-20-17(23)10-5-11-18(20)24)31-22-27-26-19(13-16-9-6-12-30-16)28(22)15-7-3-2-4-8-15/h5-6,9-12,14-15H,2-4,7-8,13H2,1H3,(H,25,29). The van der Waals surface area contributed by atoms with E-state index in [1.165, 1.54) is 35.9 Å². The zero-order chi connectivity index (χ0) is 21.8. The fourth-order valence-corrected chi connectivity index (χ4v) is 5.97. The van der Waals surface area contributed by atoms with Crippen molar-refractivity contribution in [3.63, 3.8) is 0 Å². The van der Waals surface area contributed by atoms with E-state index >= 15 is 0 Å². The first-order valence-corrected chi connectivity index (χ1v) is 12.9. The number of carbonyl (C=O) groups excluding carboxylic acids is 1. The Morgan fingerprint density at radius 2 is 1.94 bits per heavy atom. The van der Waals surface area contributed by atoms with E-state index in [1.54, 1.807) is 29.5 Å². The quantitative estimate of drug-likeness (QED) is 0.364. The molecule has 3 aromatic rings. The molecule has 1 N–H and O–H groups in total. The van der Waals surface area contributed by atoms with Crippen LogP contribution < -0.4 is 5.32 Å². The van der Waals surface area contributed by atoms with E-state index in [-0.39, 0.29) is 11.2 Å². The summed E-state index contributed by atoms with van der Waals surface area (Å²) in [6.07, 6.45) is 6.72. The summed E-state index contributed by atoms with van der Waals surface area (Å²) in [6, 6.07) is 9.73. The Bertz CT molecular complexity index is 1010. The second-order valence-electron chi connectivity index (χ2n) is 7.66. The van der Waals surface area contributed by atoms with Gasteiger partial charge in [-0.1, -0.05) is 66.4 Å². The van der Waals surface area contributed by atoms with Crippen molar-refractivity contribution < 1.29 is 4.79 Å². The first-order chi connectivity index (χ1) is 15.0. The number of hydrogen-bond acceptors (Lipinski definition) is 5. The van der Waals surface area contributed by atoms with Gasteiger partial charge in [0.1, 0.15) is 5.82 Å². The van der Waals surface area contributed by atoms with E-state index in [2.05, 4.69) is 37.6 Å². The first-order valence-electron chi connectivity index (χ1n) is 10.4. The van der Waals surface area contributed by atoms with Crippen molar-refractivity contribution in [2.75, 3.05) is 5.32 Å². The molecule has 2 heterocycles. The third-order valence-corrected chi connectivity index (χ3v) is 8.01. The van der Waals surface area contributed by atoms with Crippen molar-refractivity contribution in [2.45, 2.75) is 61.9 Å². The number of anilines is 1. The Balaban J connectivity index is 1.54. The van der Waals surface area contributed by atoms with Gasteiger partial charge >= 0.3 is 0 Å². The number of aromatic nitrogens is 3. The summed E-state index contributed by atoms with van der Waals surface area (Å²) in [5.74, 6) is 0.802. The highest BCUT2D eigenvalue weighted by Gasteiger charge is 2.26. The van der Waals surface area contributed by atoms with E-state index in [0.717, 1.165) is 30.2 Å². The van der Waals surface area contributed by atoms with Crippen LogP contribution in [-0.2, 0) is 11.2 Å². The second kappa shape index (κ2) is 10.4. The molecule has 5 nitrogen and oxygen atoms in total. The van der Waals surface area contributed by atoms with Gasteiger partial charge in [-0.15, -0.1) is 21.5 Å². The summed E-state index contributed by atoms with van der Waals surface area (Å²) in [5, 5.41) is 15.2. The largest absolute Gasteiger partial charge is 0.323 e. The Morgan fingerprint density at radius 3 is 2.61 bits per heavy atom. The SMILES string of the molecule is CC(Sc1nnc(Cc2cccs2)n1C1CCCCC1)C(=O)Nc1c(Cl)cccc1Cl. The van der Waals surface area contributed by atoms with E-state index in [4.69, 9.17) is 23.2 Å². The number of rotatable bonds is 7. The van der Waals surface area contributed by atoms with Crippen LogP contribution in [0, 0.1) is 0 Å². The van der Waals surface area contributed by atoms with Crippen LogP contribution in [0.15, 0.2) is 40.9 Å². The van der Waals surface area contributed by atoms with E-state index in [9.17, 15) is 4.79 Å². The van der Waals surface area contributed by atoms with Gasteiger partial charge < -0.3 is 9.88 Å². The molecule has 31 heavy (non-hydrogen) atoms. The Hall–Kier alpha value is -1.54. The number of amides is 1. The lowest BCUT2D eigenvalue weighted by Crippen LogP contribution is -2.24. The first kappa shape index (κ1) is 22.6. The molecule has 1 atom stereocenters. The molecule has 0 saturated heterocycles. The minimum absolute atomic E-state index is 0.169. The van der Waals surface area contributed by atoms with Crippen LogP contribution in [0.25, 0.3) is 0 Å². The molecule has 1 aliphatic carbocycles. The number of hydrogen-bond donors (Lipinski definition) is 1. The van der Waals surface area contributed by atoms with Gasteiger partial charge in [0.15, 0.2) is 5.16 Å². The molecule has 0 bridgehead atoms. The summed E-state index contributed by atoms with van der Waals surface area (Å²) in [7, 11) is 0. The lowest BCUT2D eigenvalue weighted by Gasteiger charge is -2.26. The third kappa shape index (κ3) is 5.45. The number of halogens is 2. The van der Waals surface area contributed by atoms with Crippen molar-refractivity contribution in [3.8, 4) is 0 Å². The van der Waals surface area contributed by atoms with Gasteiger partial charge in [0.05, 0.1) is 21.0 Å². The van der Waals surface area contributed by atoms with Crippen molar-refractivity contribution in [2.24, 2.45) is 0 Å². The van der Waals surface area contributed by atoms with Crippen LogP contribution in [-0.4, -0.2) is 25.9 Å². The zero-order valence-electron chi connectivity index (χ0n) is 17.2. The molecule has 9 heteroatoms. The Kier molecular flexibility index (Phi) is 7.59. The molecule has 164 valence electrons. The highest BCUT2D eigenvalue weighted by molar-refractivity contribution is 8.00. The van der Waals surface area contributed by atoms with E-state index in [0.29, 0.717) is 21.8 Å². The molecule has 1 saturated carbocycles. The zero-order valence-corrected chi connectivity index (χ0v) is 20.3. The van der Waals surface area contributed by atoms with Crippen LogP contribution in [0.3, 0.4) is 0 Å². The van der Waals surface area contributed by atoms with Crippen LogP contribution in [0.2, 0.25) is 10.0 Å². The molecular weight excluding hydrogens is 471 g/mol. The Morgan fingerprint density at radius 1 is 1.19 bits per heavy atom. The molecule has 0 aliphatic heterocycles. The lowest BCUT2D eigenvalue weighted by atomic mass is 9.95. The third-order valence-electron chi connectivity index (χ3n) is 5.45. The van der Waals surface area contributed by atoms with Crippen molar-refractivity contribution >= 4 is 57.9 Å². The fourth-order valence-electron chi connectivity index (χ4n) is 3.84. The molecule has 4 rings (SSSR count). The molecule has 1 aromatic carbocycles. The lowest BCUT2D eigenvalue weighted by molar-refractivity contribution is -0.115. The molecule has 1 fully saturated rings. The maximum atomic E-state index is 12.9. The van der Waals surface area contributed by atoms with Gasteiger partial charge in [0, 0.05) is 17.3 Å². The van der Waals surface area contributed by atoms with Crippen LogP contribution in [0.4, 0.5) is 5.69 Å². The van der Waals surface area contributed by atoms with Crippen LogP contribution in [0.1, 0.15) is 55.8 Å². The van der Waals surface area contributed by atoms with Gasteiger partial charge in [-0.25, -0.2) is 0 Å². The molecule has 1 aliphatic rings.